The Bertz CT molecular complexity index is 610. The van der Waals surface area contributed by atoms with Crippen molar-refractivity contribution in [3.05, 3.63) is 16.0 Å². The SMILES string of the molecule is Cc1cc(S(=O)(=O)N2CCCN(CC(=O)O)CC2)sc1Cl. The third-order valence-corrected chi connectivity index (χ3v) is 7.24. The van der Waals surface area contributed by atoms with Crippen molar-refractivity contribution in [1.29, 1.82) is 0 Å². The predicted octanol–water partition coefficient (Wildman–Crippen LogP) is 1.49. The molecule has 0 unspecified atom stereocenters. The van der Waals surface area contributed by atoms with Crippen LogP contribution in [0.25, 0.3) is 0 Å². The van der Waals surface area contributed by atoms with Crippen LogP contribution in [0.2, 0.25) is 4.34 Å². The van der Waals surface area contributed by atoms with Gasteiger partial charge in [0, 0.05) is 26.2 Å². The molecule has 6 nitrogen and oxygen atoms in total. The maximum Gasteiger partial charge on any atom is 0.317 e. The largest absolute Gasteiger partial charge is 0.480 e. The molecule has 9 heteroatoms. The minimum atomic E-state index is -3.55. The van der Waals surface area contributed by atoms with Gasteiger partial charge in [0.2, 0.25) is 0 Å². The quantitative estimate of drug-likeness (QED) is 0.888. The molecule has 0 atom stereocenters. The van der Waals surface area contributed by atoms with E-state index in [1.54, 1.807) is 17.9 Å². The molecule has 2 heterocycles. The summed E-state index contributed by atoms with van der Waals surface area (Å²) >= 11 is 7.01. The summed E-state index contributed by atoms with van der Waals surface area (Å²) in [6.45, 7) is 3.41. The van der Waals surface area contributed by atoms with Crippen molar-refractivity contribution in [2.75, 3.05) is 32.7 Å². The number of rotatable bonds is 4. The molecule has 1 aromatic heterocycles. The maximum atomic E-state index is 12.6. The second-order valence-corrected chi connectivity index (χ2v) is 8.77. The molecule has 1 aromatic rings. The molecule has 2 rings (SSSR count). The molecule has 1 fully saturated rings. The van der Waals surface area contributed by atoms with Gasteiger partial charge >= 0.3 is 5.97 Å². The van der Waals surface area contributed by atoms with Gasteiger partial charge in [-0.2, -0.15) is 4.31 Å². The molecule has 21 heavy (non-hydrogen) atoms. The third-order valence-electron chi connectivity index (χ3n) is 3.34. The minimum Gasteiger partial charge on any atom is -0.480 e. The van der Waals surface area contributed by atoms with Crippen LogP contribution in [0.1, 0.15) is 12.0 Å². The van der Waals surface area contributed by atoms with Gasteiger partial charge in [0.15, 0.2) is 0 Å². The Morgan fingerprint density at radius 3 is 2.67 bits per heavy atom. The van der Waals surface area contributed by atoms with E-state index in [1.807, 2.05) is 0 Å². The topological polar surface area (TPSA) is 77.9 Å². The van der Waals surface area contributed by atoms with Gasteiger partial charge in [0.25, 0.3) is 10.0 Å². The zero-order valence-corrected chi connectivity index (χ0v) is 14.0. The first-order valence-electron chi connectivity index (χ1n) is 6.51. The number of carboxylic acid groups (broad SMARTS) is 1. The number of thiophene rings is 1. The minimum absolute atomic E-state index is 0.0577. The van der Waals surface area contributed by atoms with Crippen LogP contribution in [0.15, 0.2) is 10.3 Å². The number of aliphatic carboxylic acids is 1. The van der Waals surface area contributed by atoms with Gasteiger partial charge < -0.3 is 5.11 Å². The van der Waals surface area contributed by atoms with Crippen LogP contribution in [-0.4, -0.2) is 61.4 Å². The van der Waals surface area contributed by atoms with Crippen LogP contribution in [0.3, 0.4) is 0 Å². The van der Waals surface area contributed by atoms with Gasteiger partial charge in [-0.3, -0.25) is 9.69 Å². The molecule has 0 aromatic carbocycles. The van der Waals surface area contributed by atoms with Crippen LogP contribution in [-0.2, 0) is 14.8 Å². The highest BCUT2D eigenvalue weighted by molar-refractivity contribution is 7.91. The average Bonchev–Trinajstić information content (AvgIpc) is 2.62. The Morgan fingerprint density at radius 2 is 2.10 bits per heavy atom. The van der Waals surface area contributed by atoms with Crippen molar-refractivity contribution >= 4 is 38.9 Å². The summed E-state index contributed by atoms with van der Waals surface area (Å²) in [6.07, 6.45) is 0.616. The first-order chi connectivity index (χ1) is 9.80. The summed E-state index contributed by atoms with van der Waals surface area (Å²) in [5.41, 5.74) is 0.752. The van der Waals surface area contributed by atoms with Gasteiger partial charge in [-0.05, 0) is 25.0 Å². The summed E-state index contributed by atoms with van der Waals surface area (Å²) in [7, 11) is -3.55. The lowest BCUT2D eigenvalue weighted by Crippen LogP contribution is -2.36. The van der Waals surface area contributed by atoms with Crippen LogP contribution in [0, 0.1) is 6.92 Å². The van der Waals surface area contributed by atoms with E-state index in [0.29, 0.717) is 36.9 Å². The molecule has 0 radical (unpaired) electrons. The number of sulfonamides is 1. The molecule has 118 valence electrons. The highest BCUT2D eigenvalue weighted by atomic mass is 35.5. The molecule has 0 bridgehead atoms. The Labute approximate surface area is 133 Å². The van der Waals surface area contributed by atoms with E-state index in [4.69, 9.17) is 16.7 Å². The summed E-state index contributed by atoms with van der Waals surface area (Å²) in [5, 5.41) is 8.81. The van der Waals surface area contributed by atoms with E-state index in [2.05, 4.69) is 0 Å². The monoisotopic (exact) mass is 352 g/mol. The standard InChI is InChI=1S/C12H17ClN2O4S2/c1-9-7-11(20-12(9)13)21(18,19)15-4-2-3-14(5-6-15)8-10(16)17/h7H,2-6,8H2,1H3,(H,16,17). The second-order valence-electron chi connectivity index (χ2n) is 4.95. The molecule has 1 N–H and O–H groups in total. The highest BCUT2D eigenvalue weighted by Crippen LogP contribution is 2.32. The number of hydrogen-bond donors (Lipinski definition) is 1. The smallest absolute Gasteiger partial charge is 0.317 e. The Kier molecular flexibility index (Phi) is 5.26. The first-order valence-corrected chi connectivity index (χ1v) is 9.14. The highest BCUT2D eigenvalue weighted by Gasteiger charge is 2.29. The number of nitrogens with zero attached hydrogens (tertiary/aromatic N) is 2. The van der Waals surface area contributed by atoms with Gasteiger partial charge in [0.1, 0.15) is 4.21 Å². The lowest BCUT2D eigenvalue weighted by molar-refractivity contribution is -0.138. The van der Waals surface area contributed by atoms with Gasteiger partial charge in [-0.25, -0.2) is 8.42 Å². The van der Waals surface area contributed by atoms with Crippen LogP contribution in [0.5, 0.6) is 0 Å². The van der Waals surface area contributed by atoms with Crippen molar-refractivity contribution in [2.45, 2.75) is 17.6 Å². The van der Waals surface area contributed by atoms with E-state index < -0.39 is 16.0 Å². The zero-order chi connectivity index (χ0) is 15.6. The molecule has 1 saturated heterocycles. The predicted molar refractivity (Wildman–Crippen MR) is 81.5 cm³/mol. The maximum absolute atomic E-state index is 12.6. The van der Waals surface area contributed by atoms with Crippen molar-refractivity contribution in [1.82, 2.24) is 9.21 Å². The molecule has 1 aliphatic rings. The van der Waals surface area contributed by atoms with E-state index in [0.717, 1.165) is 16.9 Å². The average molecular weight is 353 g/mol. The molecule has 0 aliphatic carbocycles. The number of carboxylic acids is 1. The van der Waals surface area contributed by atoms with E-state index in [-0.39, 0.29) is 10.8 Å². The molecule has 0 spiro atoms. The fourth-order valence-corrected chi connectivity index (χ4v) is 5.56. The van der Waals surface area contributed by atoms with Crippen molar-refractivity contribution in [3.63, 3.8) is 0 Å². The number of carbonyl (C=O) groups is 1. The molecule has 0 saturated carbocycles. The summed E-state index contributed by atoms with van der Waals surface area (Å²) in [6, 6.07) is 1.59. The number of aryl methyl sites for hydroxylation is 1. The molecular formula is C12H17ClN2O4S2. The molecule has 0 amide bonds. The fourth-order valence-electron chi connectivity index (χ4n) is 2.22. The van der Waals surface area contributed by atoms with Crippen LogP contribution < -0.4 is 0 Å². The lowest BCUT2D eigenvalue weighted by atomic mass is 10.4. The molecule has 1 aliphatic heterocycles. The normalized spacial score (nSPS) is 18.6. The number of halogens is 1. The Morgan fingerprint density at radius 1 is 1.38 bits per heavy atom. The summed E-state index contributed by atoms with van der Waals surface area (Å²) in [5.74, 6) is -0.896. The third kappa shape index (κ3) is 3.95. The van der Waals surface area contributed by atoms with Crippen molar-refractivity contribution < 1.29 is 18.3 Å². The van der Waals surface area contributed by atoms with Gasteiger partial charge in [-0.1, -0.05) is 11.6 Å². The Hall–Kier alpha value is -0.670. The van der Waals surface area contributed by atoms with Gasteiger partial charge in [-0.15, -0.1) is 11.3 Å². The van der Waals surface area contributed by atoms with E-state index in [9.17, 15) is 13.2 Å². The summed E-state index contributed by atoms with van der Waals surface area (Å²) < 4.78 is 27.3. The zero-order valence-electron chi connectivity index (χ0n) is 11.6. The van der Waals surface area contributed by atoms with E-state index in [1.165, 1.54) is 4.31 Å². The number of hydrogen-bond acceptors (Lipinski definition) is 5. The Balaban J connectivity index is 2.12. The summed E-state index contributed by atoms with van der Waals surface area (Å²) in [4.78, 5) is 12.5. The van der Waals surface area contributed by atoms with Crippen LogP contribution >= 0.6 is 22.9 Å². The fraction of sp³-hybridized carbons (Fsp3) is 0.583. The van der Waals surface area contributed by atoms with E-state index >= 15 is 0 Å². The van der Waals surface area contributed by atoms with Gasteiger partial charge in [0.05, 0.1) is 10.9 Å². The second kappa shape index (κ2) is 6.62. The first kappa shape index (κ1) is 16.7. The molecular weight excluding hydrogens is 336 g/mol. The van der Waals surface area contributed by atoms with Crippen molar-refractivity contribution in [3.8, 4) is 0 Å². The lowest BCUT2D eigenvalue weighted by Gasteiger charge is -2.19. The van der Waals surface area contributed by atoms with Crippen LogP contribution in [0.4, 0.5) is 0 Å². The van der Waals surface area contributed by atoms with Crippen molar-refractivity contribution in [2.24, 2.45) is 0 Å².